The van der Waals surface area contributed by atoms with Crippen molar-refractivity contribution in [3.05, 3.63) is 68.7 Å². The van der Waals surface area contributed by atoms with Gasteiger partial charge in [-0.2, -0.15) is 0 Å². The summed E-state index contributed by atoms with van der Waals surface area (Å²) in [6, 6.07) is 8.81. The Balaban J connectivity index is 2.30. The van der Waals surface area contributed by atoms with Crippen molar-refractivity contribution >= 4 is 27.5 Å². The summed E-state index contributed by atoms with van der Waals surface area (Å²) < 4.78 is 27.8. The lowest BCUT2D eigenvalue weighted by molar-refractivity contribution is 0.521. The molecule has 2 N–H and O–H groups in total. The molecule has 0 bridgehead atoms. The molecule has 0 radical (unpaired) electrons. The van der Waals surface area contributed by atoms with Crippen molar-refractivity contribution in [2.24, 2.45) is 5.73 Å². The SMILES string of the molecule is NC(Cc1cccc(Cl)c1)c1c(F)ccc(Br)c1F. The maximum atomic E-state index is 13.9. The fourth-order valence-corrected chi connectivity index (χ4v) is 2.46. The van der Waals surface area contributed by atoms with E-state index < -0.39 is 17.7 Å². The first-order valence-electron chi connectivity index (χ1n) is 5.62. The van der Waals surface area contributed by atoms with Crippen molar-refractivity contribution in [2.75, 3.05) is 0 Å². The quantitative estimate of drug-likeness (QED) is 0.806. The van der Waals surface area contributed by atoms with Crippen LogP contribution in [0.5, 0.6) is 0 Å². The Hall–Kier alpha value is -0.970. The monoisotopic (exact) mass is 345 g/mol. The Labute approximate surface area is 123 Å². The molecule has 0 aromatic heterocycles. The Morgan fingerprint density at radius 1 is 1.21 bits per heavy atom. The molecule has 0 aliphatic carbocycles. The third kappa shape index (κ3) is 3.32. The van der Waals surface area contributed by atoms with Gasteiger partial charge in [-0.25, -0.2) is 8.78 Å². The smallest absolute Gasteiger partial charge is 0.145 e. The highest BCUT2D eigenvalue weighted by Gasteiger charge is 2.19. The van der Waals surface area contributed by atoms with Crippen LogP contribution < -0.4 is 5.73 Å². The Morgan fingerprint density at radius 2 is 1.95 bits per heavy atom. The van der Waals surface area contributed by atoms with E-state index in [9.17, 15) is 8.78 Å². The highest BCUT2D eigenvalue weighted by molar-refractivity contribution is 9.10. The van der Waals surface area contributed by atoms with E-state index in [0.29, 0.717) is 11.4 Å². The van der Waals surface area contributed by atoms with E-state index in [1.54, 1.807) is 18.2 Å². The molecule has 0 heterocycles. The highest BCUT2D eigenvalue weighted by atomic mass is 79.9. The third-order valence-corrected chi connectivity index (χ3v) is 3.64. The molecule has 0 aliphatic rings. The topological polar surface area (TPSA) is 26.0 Å². The van der Waals surface area contributed by atoms with Crippen LogP contribution in [0.3, 0.4) is 0 Å². The lowest BCUT2D eigenvalue weighted by Gasteiger charge is -2.15. The first kappa shape index (κ1) is 14.4. The van der Waals surface area contributed by atoms with E-state index in [4.69, 9.17) is 17.3 Å². The second-order valence-electron chi connectivity index (χ2n) is 4.20. The standard InChI is InChI=1S/C14H11BrClF2N/c15-10-4-5-11(17)13(14(10)18)12(19)7-8-2-1-3-9(16)6-8/h1-6,12H,7,19H2. The Morgan fingerprint density at radius 3 is 2.63 bits per heavy atom. The van der Waals surface area contributed by atoms with Crippen LogP contribution in [-0.4, -0.2) is 0 Å². The molecule has 0 aliphatic heterocycles. The molecular weight excluding hydrogens is 336 g/mol. The average molecular weight is 347 g/mol. The van der Waals surface area contributed by atoms with Crippen LogP contribution in [0.1, 0.15) is 17.2 Å². The molecular formula is C14H11BrClF2N. The summed E-state index contributed by atoms with van der Waals surface area (Å²) in [7, 11) is 0. The molecule has 2 aromatic rings. The molecule has 1 unspecified atom stereocenters. The second-order valence-corrected chi connectivity index (χ2v) is 5.49. The van der Waals surface area contributed by atoms with Gasteiger partial charge in [0.05, 0.1) is 4.47 Å². The lowest BCUT2D eigenvalue weighted by atomic mass is 9.99. The summed E-state index contributed by atoms with van der Waals surface area (Å²) in [5.74, 6) is -1.30. The molecule has 100 valence electrons. The van der Waals surface area contributed by atoms with Crippen LogP contribution in [0.2, 0.25) is 5.02 Å². The summed E-state index contributed by atoms with van der Waals surface area (Å²) in [5, 5.41) is 0.569. The zero-order valence-corrected chi connectivity index (χ0v) is 12.2. The first-order valence-corrected chi connectivity index (χ1v) is 6.79. The lowest BCUT2D eigenvalue weighted by Crippen LogP contribution is -2.17. The normalized spacial score (nSPS) is 12.5. The fraction of sp³-hybridized carbons (Fsp3) is 0.143. The number of benzene rings is 2. The van der Waals surface area contributed by atoms with Crippen LogP contribution in [0.4, 0.5) is 8.78 Å². The van der Waals surface area contributed by atoms with Crippen molar-refractivity contribution in [3.8, 4) is 0 Å². The summed E-state index contributed by atoms with van der Waals surface area (Å²) >= 11 is 8.89. The predicted octanol–water partition coefficient (Wildman–Crippen LogP) is 4.62. The van der Waals surface area contributed by atoms with Crippen molar-refractivity contribution in [1.29, 1.82) is 0 Å². The van der Waals surface area contributed by atoms with Crippen molar-refractivity contribution in [2.45, 2.75) is 12.5 Å². The zero-order chi connectivity index (χ0) is 14.0. The molecule has 2 rings (SSSR count). The second kappa shape index (κ2) is 5.99. The van der Waals surface area contributed by atoms with Gasteiger partial charge in [0.2, 0.25) is 0 Å². The van der Waals surface area contributed by atoms with Gasteiger partial charge in [-0.05, 0) is 52.2 Å². The van der Waals surface area contributed by atoms with Crippen LogP contribution >= 0.6 is 27.5 Å². The van der Waals surface area contributed by atoms with Crippen LogP contribution in [0, 0.1) is 11.6 Å². The minimum Gasteiger partial charge on any atom is -0.323 e. The summed E-state index contributed by atoms with van der Waals surface area (Å²) in [4.78, 5) is 0. The average Bonchev–Trinajstić information content (AvgIpc) is 2.34. The van der Waals surface area contributed by atoms with Crippen molar-refractivity contribution in [1.82, 2.24) is 0 Å². The number of nitrogens with two attached hydrogens (primary N) is 1. The number of hydrogen-bond acceptors (Lipinski definition) is 1. The van der Waals surface area contributed by atoms with E-state index >= 15 is 0 Å². The fourth-order valence-electron chi connectivity index (χ4n) is 1.90. The zero-order valence-electron chi connectivity index (χ0n) is 9.84. The number of hydrogen-bond donors (Lipinski definition) is 1. The van der Waals surface area contributed by atoms with Gasteiger partial charge >= 0.3 is 0 Å². The predicted molar refractivity (Wildman–Crippen MR) is 76.1 cm³/mol. The first-order chi connectivity index (χ1) is 8.99. The van der Waals surface area contributed by atoms with Crippen LogP contribution in [-0.2, 0) is 6.42 Å². The van der Waals surface area contributed by atoms with Crippen molar-refractivity contribution < 1.29 is 8.78 Å². The molecule has 19 heavy (non-hydrogen) atoms. The molecule has 2 aromatic carbocycles. The van der Waals surface area contributed by atoms with Gasteiger partial charge in [-0.1, -0.05) is 23.7 Å². The molecule has 1 atom stereocenters. The van der Waals surface area contributed by atoms with Gasteiger partial charge in [0.15, 0.2) is 0 Å². The van der Waals surface area contributed by atoms with Gasteiger partial charge in [-0.15, -0.1) is 0 Å². The molecule has 0 saturated heterocycles. The minimum atomic E-state index is -0.768. The maximum absolute atomic E-state index is 13.9. The van der Waals surface area contributed by atoms with Crippen LogP contribution in [0.25, 0.3) is 0 Å². The van der Waals surface area contributed by atoms with E-state index in [0.717, 1.165) is 5.56 Å². The number of halogens is 4. The van der Waals surface area contributed by atoms with Crippen LogP contribution in [0.15, 0.2) is 40.9 Å². The maximum Gasteiger partial charge on any atom is 0.145 e. The summed E-state index contributed by atoms with van der Waals surface area (Å²) in [6.45, 7) is 0. The minimum absolute atomic E-state index is 0.116. The highest BCUT2D eigenvalue weighted by Crippen LogP contribution is 2.27. The van der Waals surface area contributed by atoms with E-state index in [1.165, 1.54) is 12.1 Å². The Bertz CT molecular complexity index is 604. The molecule has 1 nitrogen and oxygen atoms in total. The van der Waals surface area contributed by atoms with Crippen molar-refractivity contribution in [3.63, 3.8) is 0 Å². The Kier molecular flexibility index (Phi) is 4.55. The van der Waals surface area contributed by atoms with Gasteiger partial charge in [0, 0.05) is 16.6 Å². The summed E-state index contributed by atoms with van der Waals surface area (Å²) in [6.07, 6.45) is 0.310. The summed E-state index contributed by atoms with van der Waals surface area (Å²) in [5.41, 5.74) is 6.62. The van der Waals surface area contributed by atoms with Gasteiger partial charge in [0.25, 0.3) is 0 Å². The molecule has 5 heteroatoms. The third-order valence-electron chi connectivity index (χ3n) is 2.79. The molecule has 0 spiro atoms. The van der Waals surface area contributed by atoms with Gasteiger partial charge < -0.3 is 5.73 Å². The molecule has 0 fully saturated rings. The largest absolute Gasteiger partial charge is 0.323 e. The van der Waals surface area contributed by atoms with Gasteiger partial charge in [0.1, 0.15) is 11.6 Å². The molecule has 0 saturated carbocycles. The number of rotatable bonds is 3. The van der Waals surface area contributed by atoms with E-state index in [-0.39, 0.29) is 10.0 Å². The van der Waals surface area contributed by atoms with Gasteiger partial charge in [-0.3, -0.25) is 0 Å². The molecule has 0 amide bonds. The van der Waals surface area contributed by atoms with E-state index in [2.05, 4.69) is 15.9 Å². The van der Waals surface area contributed by atoms with E-state index in [1.807, 2.05) is 6.07 Å².